The minimum absolute atomic E-state index is 0.00401. The molecule has 0 aliphatic carbocycles. The second kappa shape index (κ2) is 5.60. The Kier molecular flexibility index (Phi) is 3.88. The second-order valence-electron chi connectivity index (χ2n) is 4.53. The molecule has 0 unspecified atom stereocenters. The first-order valence-corrected chi connectivity index (χ1v) is 6.20. The number of carboxylic acid groups (broad SMARTS) is 1. The number of hydrogen-bond donors (Lipinski definition) is 3. The number of aromatic carboxylic acids is 1. The number of carbonyl (C=O) groups excluding carboxylic acids is 2. The predicted octanol–water partition coefficient (Wildman–Crippen LogP) is 0.866. The summed E-state index contributed by atoms with van der Waals surface area (Å²) in [7, 11) is 0. The zero-order chi connectivity index (χ0) is 14.7. The quantitative estimate of drug-likeness (QED) is 0.760. The van der Waals surface area contributed by atoms with Crippen molar-refractivity contribution in [3.8, 4) is 0 Å². The van der Waals surface area contributed by atoms with E-state index >= 15 is 0 Å². The maximum absolute atomic E-state index is 12.1. The van der Waals surface area contributed by atoms with Gasteiger partial charge in [0, 0.05) is 6.54 Å². The lowest BCUT2D eigenvalue weighted by atomic mass is 10.2. The fraction of sp³-hybridized carbons (Fsp3) is 0.308. The van der Waals surface area contributed by atoms with Gasteiger partial charge in [-0.1, -0.05) is 12.1 Å². The van der Waals surface area contributed by atoms with Crippen molar-refractivity contribution in [3.63, 3.8) is 0 Å². The highest BCUT2D eigenvalue weighted by atomic mass is 16.4. The van der Waals surface area contributed by atoms with E-state index in [1.165, 1.54) is 17.0 Å². The smallest absolute Gasteiger partial charge is 0.337 e. The number of benzene rings is 1. The molecule has 0 saturated carbocycles. The van der Waals surface area contributed by atoms with Crippen LogP contribution < -0.4 is 11.1 Å². The average Bonchev–Trinajstić information content (AvgIpc) is 2.88. The molecule has 0 bridgehead atoms. The highest BCUT2D eigenvalue weighted by Crippen LogP contribution is 2.20. The number of nitrogens with zero attached hydrogens (tertiary/aromatic N) is 1. The average molecular weight is 277 g/mol. The van der Waals surface area contributed by atoms with E-state index in [1.54, 1.807) is 12.1 Å². The first-order chi connectivity index (χ1) is 9.50. The van der Waals surface area contributed by atoms with Crippen molar-refractivity contribution in [1.29, 1.82) is 0 Å². The molecule has 1 atom stereocenters. The number of urea groups is 1. The van der Waals surface area contributed by atoms with Gasteiger partial charge in [-0.3, -0.25) is 4.79 Å². The van der Waals surface area contributed by atoms with E-state index in [0.29, 0.717) is 19.4 Å². The zero-order valence-corrected chi connectivity index (χ0v) is 10.7. The Morgan fingerprint density at radius 1 is 1.30 bits per heavy atom. The molecule has 0 radical (unpaired) electrons. The van der Waals surface area contributed by atoms with Crippen molar-refractivity contribution in [2.24, 2.45) is 5.73 Å². The molecule has 3 amide bonds. The summed E-state index contributed by atoms with van der Waals surface area (Å²) in [6.45, 7) is 0.425. The van der Waals surface area contributed by atoms with E-state index in [1.807, 2.05) is 0 Å². The zero-order valence-electron chi connectivity index (χ0n) is 10.7. The molecular formula is C13H15N3O4. The van der Waals surface area contributed by atoms with E-state index in [4.69, 9.17) is 10.8 Å². The number of carboxylic acids is 1. The van der Waals surface area contributed by atoms with E-state index in [9.17, 15) is 14.4 Å². The van der Waals surface area contributed by atoms with Gasteiger partial charge in [0.1, 0.15) is 6.04 Å². The molecule has 1 aromatic rings. The second-order valence-corrected chi connectivity index (χ2v) is 4.53. The molecule has 2 rings (SSSR count). The Morgan fingerprint density at radius 3 is 2.65 bits per heavy atom. The third kappa shape index (κ3) is 2.71. The van der Waals surface area contributed by atoms with E-state index in [0.717, 1.165) is 0 Å². The van der Waals surface area contributed by atoms with Crippen molar-refractivity contribution in [2.45, 2.75) is 18.9 Å². The van der Waals surface area contributed by atoms with Gasteiger partial charge in [-0.05, 0) is 25.0 Å². The van der Waals surface area contributed by atoms with Gasteiger partial charge in [0.25, 0.3) is 0 Å². The number of carbonyl (C=O) groups is 3. The summed E-state index contributed by atoms with van der Waals surface area (Å²) in [4.78, 5) is 35.8. The van der Waals surface area contributed by atoms with Gasteiger partial charge in [-0.2, -0.15) is 0 Å². The van der Waals surface area contributed by atoms with Gasteiger partial charge in [0.15, 0.2) is 0 Å². The number of anilines is 1. The third-order valence-electron chi connectivity index (χ3n) is 3.24. The molecule has 0 spiro atoms. The number of hydrogen-bond acceptors (Lipinski definition) is 3. The molecule has 7 nitrogen and oxygen atoms in total. The summed E-state index contributed by atoms with van der Waals surface area (Å²) in [6, 6.07) is 4.94. The lowest BCUT2D eigenvalue weighted by Gasteiger charge is -2.22. The van der Waals surface area contributed by atoms with Crippen LogP contribution in [0.4, 0.5) is 10.5 Å². The molecule has 106 valence electrons. The number of likely N-dealkylation sites (tertiary alicyclic amines) is 1. The fourth-order valence-corrected chi connectivity index (χ4v) is 2.27. The summed E-state index contributed by atoms with van der Waals surface area (Å²) in [5, 5.41) is 11.6. The minimum Gasteiger partial charge on any atom is -0.478 e. The molecule has 1 heterocycles. The van der Waals surface area contributed by atoms with Crippen LogP contribution in [-0.2, 0) is 4.79 Å². The highest BCUT2D eigenvalue weighted by molar-refractivity contribution is 6.01. The molecule has 7 heteroatoms. The van der Waals surface area contributed by atoms with Crippen LogP contribution >= 0.6 is 0 Å². The normalized spacial score (nSPS) is 17.8. The number of nitrogens with one attached hydrogen (secondary N) is 1. The van der Waals surface area contributed by atoms with E-state index in [-0.39, 0.29) is 11.3 Å². The first kappa shape index (κ1) is 13.9. The van der Waals surface area contributed by atoms with E-state index < -0.39 is 23.9 Å². The van der Waals surface area contributed by atoms with Gasteiger partial charge in [0.2, 0.25) is 5.91 Å². The Bertz CT molecular complexity index is 558. The SMILES string of the molecule is NC(=O)[C@@H]1CCCN1C(=O)Nc1ccccc1C(=O)O. The molecule has 4 N–H and O–H groups in total. The summed E-state index contributed by atoms with van der Waals surface area (Å²) in [6.07, 6.45) is 1.23. The Morgan fingerprint density at radius 2 is 2.00 bits per heavy atom. The van der Waals surface area contributed by atoms with Crippen LogP contribution in [0.3, 0.4) is 0 Å². The van der Waals surface area contributed by atoms with Crippen molar-refractivity contribution in [3.05, 3.63) is 29.8 Å². The Labute approximate surface area is 115 Å². The van der Waals surface area contributed by atoms with Crippen LogP contribution in [0.5, 0.6) is 0 Å². The summed E-state index contributed by atoms with van der Waals surface area (Å²) < 4.78 is 0. The van der Waals surface area contributed by atoms with Crippen molar-refractivity contribution >= 4 is 23.6 Å². The van der Waals surface area contributed by atoms with E-state index in [2.05, 4.69) is 5.32 Å². The highest BCUT2D eigenvalue weighted by Gasteiger charge is 2.33. The predicted molar refractivity (Wildman–Crippen MR) is 71.3 cm³/mol. The number of rotatable bonds is 3. The van der Waals surface area contributed by atoms with Gasteiger partial charge in [-0.15, -0.1) is 0 Å². The molecule has 1 saturated heterocycles. The van der Waals surface area contributed by atoms with Crippen LogP contribution in [0.2, 0.25) is 0 Å². The third-order valence-corrected chi connectivity index (χ3v) is 3.24. The molecule has 20 heavy (non-hydrogen) atoms. The Balaban J connectivity index is 2.16. The summed E-state index contributed by atoms with van der Waals surface area (Å²) in [5.41, 5.74) is 5.43. The van der Waals surface area contributed by atoms with Gasteiger partial charge in [0.05, 0.1) is 11.3 Å². The maximum Gasteiger partial charge on any atom is 0.337 e. The number of primary amides is 1. The molecular weight excluding hydrogens is 262 g/mol. The van der Waals surface area contributed by atoms with Gasteiger partial charge in [-0.25, -0.2) is 9.59 Å². The van der Waals surface area contributed by atoms with Crippen molar-refractivity contribution in [1.82, 2.24) is 4.90 Å². The Hall–Kier alpha value is -2.57. The topological polar surface area (TPSA) is 113 Å². The summed E-state index contributed by atoms with van der Waals surface area (Å²) >= 11 is 0. The van der Waals surface area contributed by atoms with Crippen molar-refractivity contribution < 1.29 is 19.5 Å². The fourth-order valence-electron chi connectivity index (χ4n) is 2.27. The minimum atomic E-state index is -1.13. The number of para-hydroxylation sites is 1. The molecule has 1 aromatic carbocycles. The van der Waals surface area contributed by atoms with Crippen LogP contribution in [0, 0.1) is 0 Å². The van der Waals surface area contributed by atoms with Crippen LogP contribution in [-0.4, -0.2) is 40.5 Å². The van der Waals surface area contributed by atoms with Gasteiger partial charge >= 0.3 is 12.0 Å². The monoisotopic (exact) mass is 277 g/mol. The first-order valence-electron chi connectivity index (χ1n) is 6.20. The lowest BCUT2D eigenvalue weighted by Crippen LogP contribution is -2.45. The van der Waals surface area contributed by atoms with Crippen LogP contribution in [0.15, 0.2) is 24.3 Å². The molecule has 1 aliphatic rings. The van der Waals surface area contributed by atoms with Gasteiger partial charge < -0.3 is 21.1 Å². The summed E-state index contributed by atoms with van der Waals surface area (Å²) in [5.74, 6) is -1.68. The number of nitrogens with two attached hydrogens (primary N) is 1. The maximum atomic E-state index is 12.1. The molecule has 1 fully saturated rings. The van der Waals surface area contributed by atoms with Crippen molar-refractivity contribution in [2.75, 3.05) is 11.9 Å². The standard InChI is InChI=1S/C13H15N3O4/c14-11(17)10-6-3-7-16(10)13(20)15-9-5-2-1-4-8(9)12(18)19/h1-2,4-5,10H,3,6-7H2,(H2,14,17)(H,15,20)(H,18,19)/t10-/m0/s1. The number of amides is 3. The molecule has 1 aliphatic heterocycles. The molecule has 0 aromatic heterocycles. The lowest BCUT2D eigenvalue weighted by molar-refractivity contribution is -0.121. The van der Waals surface area contributed by atoms with Crippen LogP contribution in [0.25, 0.3) is 0 Å². The largest absolute Gasteiger partial charge is 0.478 e. The van der Waals surface area contributed by atoms with Crippen LogP contribution in [0.1, 0.15) is 23.2 Å².